The first-order valence-electron chi connectivity index (χ1n) is 8.49. The highest BCUT2D eigenvalue weighted by Crippen LogP contribution is 2.29. The molecule has 0 bridgehead atoms. The highest BCUT2D eigenvalue weighted by atomic mass is 32.2. The zero-order valence-electron chi connectivity index (χ0n) is 15.6. The second-order valence-electron chi connectivity index (χ2n) is 6.19. The molecule has 3 rings (SSSR count). The molecule has 0 aliphatic carbocycles. The molecule has 0 saturated heterocycles. The van der Waals surface area contributed by atoms with Crippen LogP contribution < -0.4 is 10.1 Å². The Morgan fingerprint density at radius 1 is 1.11 bits per heavy atom. The van der Waals surface area contributed by atoms with Crippen molar-refractivity contribution in [1.82, 2.24) is 10.2 Å². The maximum absolute atomic E-state index is 12.5. The van der Waals surface area contributed by atoms with Crippen molar-refractivity contribution in [2.75, 3.05) is 12.4 Å². The van der Waals surface area contributed by atoms with Crippen molar-refractivity contribution in [2.45, 2.75) is 31.2 Å². The molecule has 27 heavy (non-hydrogen) atoms. The van der Waals surface area contributed by atoms with Gasteiger partial charge in [-0.15, -0.1) is 10.2 Å². The number of nitrogens with zero attached hydrogens (tertiary/aromatic N) is 2. The molecule has 0 saturated carbocycles. The fourth-order valence-electron chi connectivity index (χ4n) is 2.43. The molecule has 0 fully saturated rings. The van der Waals surface area contributed by atoms with Gasteiger partial charge in [0.15, 0.2) is 0 Å². The van der Waals surface area contributed by atoms with Gasteiger partial charge >= 0.3 is 0 Å². The fraction of sp³-hybridized carbons (Fsp3) is 0.250. The number of hydrogen-bond donors (Lipinski definition) is 1. The van der Waals surface area contributed by atoms with E-state index in [4.69, 9.17) is 9.15 Å². The lowest BCUT2D eigenvalue weighted by atomic mass is 10.1. The first-order valence-corrected chi connectivity index (χ1v) is 9.37. The van der Waals surface area contributed by atoms with Crippen LogP contribution in [-0.4, -0.2) is 28.5 Å². The Kier molecular flexibility index (Phi) is 5.81. The molecule has 0 aliphatic heterocycles. The van der Waals surface area contributed by atoms with Gasteiger partial charge < -0.3 is 14.5 Å². The monoisotopic (exact) mass is 383 g/mol. The van der Waals surface area contributed by atoms with E-state index in [0.717, 1.165) is 16.7 Å². The zero-order valence-corrected chi connectivity index (χ0v) is 16.5. The van der Waals surface area contributed by atoms with Crippen molar-refractivity contribution in [2.24, 2.45) is 0 Å². The van der Waals surface area contributed by atoms with E-state index in [1.54, 1.807) is 14.0 Å². The van der Waals surface area contributed by atoms with Crippen LogP contribution in [0.15, 0.2) is 52.1 Å². The number of thioether (sulfide) groups is 1. The summed E-state index contributed by atoms with van der Waals surface area (Å²) in [6.07, 6.45) is 0. The minimum Gasteiger partial charge on any atom is -0.495 e. The molecular formula is C20H21N3O3S. The summed E-state index contributed by atoms with van der Waals surface area (Å²) in [6.45, 7) is 5.76. The largest absolute Gasteiger partial charge is 0.495 e. The van der Waals surface area contributed by atoms with Gasteiger partial charge in [-0.05, 0) is 50.6 Å². The lowest BCUT2D eigenvalue weighted by molar-refractivity contribution is -0.115. The standard InChI is InChI=1S/C20H21N3O3S/c1-12-5-8-15(9-6-12)19-22-23-20(26-19)27-14(3)18(24)21-16-11-13(2)7-10-17(16)25-4/h5-11,14H,1-4H3,(H,21,24)/t14-/m0/s1. The fourth-order valence-corrected chi connectivity index (χ4v) is 3.11. The molecule has 1 atom stereocenters. The smallest absolute Gasteiger partial charge is 0.277 e. The predicted molar refractivity (Wildman–Crippen MR) is 106 cm³/mol. The Labute approximate surface area is 162 Å². The summed E-state index contributed by atoms with van der Waals surface area (Å²) in [6, 6.07) is 13.5. The van der Waals surface area contributed by atoms with Gasteiger partial charge in [0.2, 0.25) is 11.8 Å². The summed E-state index contributed by atoms with van der Waals surface area (Å²) in [7, 11) is 1.57. The molecule has 1 aromatic heterocycles. The van der Waals surface area contributed by atoms with Crippen molar-refractivity contribution in [3.63, 3.8) is 0 Å². The van der Waals surface area contributed by atoms with Crippen LogP contribution in [0.3, 0.4) is 0 Å². The van der Waals surface area contributed by atoms with E-state index >= 15 is 0 Å². The summed E-state index contributed by atoms with van der Waals surface area (Å²) in [5.74, 6) is 0.884. The first kappa shape index (κ1) is 19.0. The van der Waals surface area contributed by atoms with Crippen molar-refractivity contribution < 1.29 is 13.9 Å². The molecule has 2 aromatic carbocycles. The maximum atomic E-state index is 12.5. The number of ether oxygens (including phenoxy) is 1. The molecule has 1 heterocycles. The SMILES string of the molecule is COc1ccc(C)cc1NC(=O)[C@H](C)Sc1nnc(-c2ccc(C)cc2)o1. The van der Waals surface area contributed by atoms with E-state index in [0.29, 0.717) is 22.6 Å². The van der Waals surface area contributed by atoms with Gasteiger partial charge in [-0.2, -0.15) is 0 Å². The number of aromatic nitrogens is 2. The van der Waals surface area contributed by atoms with Crippen LogP contribution in [0.4, 0.5) is 5.69 Å². The third-order valence-corrected chi connectivity index (χ3v) is 4.90. The second-order valence-corrected chi connectivity index (χ2v) is 7.48. The van der Waals surface area contributed by atoms with Crippen molar-refractivity contribution in [3.05, 3.63) is 53.6 Å². The molecule has 1 amide bonds. The third kappa shape index (κ3) is 4.68. The lowest BCUT2D eigenvalue weighted by Crippen LogP contribution is -2.22. The molecule has 1 N–H and O–H groups in total. The minimum atomic E-state index is -0.415. The Bertz CT molecular complexity index is 938. The minimum absolute atomic E-state index is 0.168. The van der Waals surface area contributed by atoms with Crippen LogP contribution in [0.25, 0.3) is 11.5 Å². The van der Waals surface area contributed by atoms with Gasteiger partial charge in [0.25, 0.3) is 5.22 Å². The number of carbonyl (C=O) groups is 1. The van der Waals surface area contributed by atoms with Crippen LogP contribution in [0.5, 0.6) is 5.75 Å². The average molecular weight is 383 g/mol. The topological polar surface area (TPSA) is 77.2 Å². The summed E-state index contributed by atoms with van der Waals surface area (Å²) < 4.78 is 11.0. The Balaban J connectivity index is 1.67. The third-order valence-electron chi connectivity index (χ3n) is 3.96. The molecule has 6 nitrogen and oxygen atoms in total. The first-order chi connectivity index (χ1) is 13.0. The number of amides is 1. The molecule has 7 heteroatoms. The van der Waals surface area contributed by atoms with Crippen LogP contribution in [0.1, 0.15) is 18.1 Å². The highest BCUT2D eigenvalue weighted by Gasteiger charge is 2.20. The highest BCUT2D eigenvalue weighted by molar-refractivity contribution is 8.00. The number of methoxy groups -OCH3 is 1. The number of rotatable bonds is 6. The van der Waals surface area contributed by atoms with Gasteiger partial charge in [0, 0.05) is 5.56 Å². The second kappa shape index (κ2) is 8.26. The molecule has 140 valence electrons. The molecular weight excluding hydrogens is 362 g/mol. The molecule has 0 unspecified atom stereocenters. The van der Waals surface area contributed by atoms with Crippen molar-refractivity contribution in [3.8, 4) is 17.2 Å². The van der Waals surface area contributed by atoms with Gasteiger partial charge in [-0.3, -0.25) is 4.79 Å². The Hall–Kier alpha value is -2.80. The van der Waals surface area contributed by atoms with Gasteiger partial charge in [-0.1, -0.05) is 35.5 Å². The Morgan fingerprint density at radius 2 is 1.81 bits per heavy atom. The van der Waals surface area contributed by atoms with Crippen LogP contribution >= 0.6 is 11.8 Å². The van der Waals surface area contributed by atoms with Gasteiger partial charge in [0.05, 0.1) is 18.0 Å². The number of anilines is 1. The summed E-state index contributed by atoms with van der Waals surface area (Å²) >= 11 is 1.21. The number of aryl methyl sites for hydroxylation is 2. The predicted octanol–water partition coefficient (Wildman–Crippen LogP) is 4.48. The number of hydrogen-bond acceptors (Lipinski definition) is 6. The molecule has 0 radical (unpaired) electrons. The summed E-state index contributed by atoms with van der Waals surface area (Å²) in [4.78, 5) is 12.5. The van der Waals surface area contributed by atoms with Crippen molar-refractivity contribution in [1.29, 1.82) is 0 Å². The Morgan fingerprint density at radius 3 is 2.52 bits per heavy atom. The zero-order chi connectivity index (χ0) is 19.4. The van der Waals surface area contributed by atoms with E-state index in [9.17, 15) is 4.79 Å². The molecule has 0 spiro atoms. The van der Waals surface area contributed by atoms with Crippen molar-refractivity contribution >= 4 is 23.4 Å². The van der Waals surface area contributed by atoms with Gasteiger partial charge in [-0.25, -0.2) is 0 Å². The van der Waals surface area contributed by atoms with E-state index < -0.39 is 5.25 Å². The number of carbonyl (C=O) groups excluding carboxylic acids is 1. The quantitative estimate of drug-likeness (QED) is 0.632. The summed E-state index contributed by atoms with van der Waals surface area (Å²) in [5.41, 5.74) is 3.68. The lowest BCUT2D eigenvalue weighted by Gasteiger charge is -2.13. The van der Waals surface area contributed by atoms with Crippen LogP contribution in [0.2, 0.25) is 0 Å². The van der Waals surface area contributed by atoms with E-state index in [1.807, 2.05) is 56.3 Å². The summed E-state index contributed by atoms with van der Waals surface area (Å²) in [5, 5.41) is 10.9. The normalized spacial score (nSPS) is 11.9. The van der Waals surface area contributed by atoms with E-state index in [2.05, 4.69) is 15.5 Å². The maximum Gasteiger partial charge on any atom is 0.277 e. The number of nitrogens with one attached hydrogen (secondary N) is 1. The van der Waals surface area contributed by atoms with E-state index in [-0.39, 0.29) is 5.91 Å². The van der Waals surface area contributed by atoms with Crippen LogP contribution in [-0.2, 0) is 4.79 Å². The van der Waals surface area contributed by atoms with Crippen LogP contribution in [0, 0.1) is 13.8 Å². The van der Waals surface area contributed by atoms with Gasteiger partial charge in [0.1, 0.15) is 5.75 Å². The number of benzene rings is 2. The van der Waals surface area contributed by atoms with E-state index in [1.165, 1.54) is 11.8 Å². The average Bonchev–Trinajstić information content (AvgIpc) is 3.11. The molecule has 0 aliphatic rings. The molecule has 3 aromatic rings.